The molecule has 2 rings (SSSR count). The maximum atomic E-state index is 12.6. The molecule has 0 spiro atoms. The molecule has 0 fully saturated rings. The first-order valence-electron chi connectivity index (χ1n) is 7.48. The average Bonchev–Trinajstić information content (AvgIpc) is 2.45. The van der Waals surface area contributed by atoms with Crippen LogP contribution in [0.1, 0.15) is 43.6 Å². The van der Waals surface area contributed by atoms with Crippen LogP contribution in [0.3, 0.4) is 0 Å². The average molecular weight is 333 g/mol. The third-order valence-corrected chi connectivity index (χ3v) is 5.17. The zero-order valence-electron chi connectivity index (χ0n) is 13.9. The van der Waals surface area contributed by atoms with Crippen LogP contribution in [0.15, 0.2) is 53.4 Å². The van der Waals surface area contributed by atoms with Gasteiger partial charge in [-0.15, -0.1) is 0 Å². The molecular weight excluding hydrogens is 310 g/mol. The van der Waals surface area contributed by atoms with Crippen molar-refractivity contribution in [2.75, 3.05) is 0 Å². The Morgan fingerprint density at radius 2 is 1.57 bits per heavy atom. The fraction of sp³-hybridized carbons (Fsp3) is 0.333. The van der Waals surface area contributed by atoms with Crippen LogP contribution in [0.2, 0.25) is 0 Å². The van der Waals surface area contributed by atoms with Gasteiger partial charge in [-0.2, -0.15) is 0 Å². The van der Waals surface area contributed by atoms with Crippen LogP contribution in [0.25, 0.3) is 0 Å². The topological polar surface area (TPSA) is 66.4 Å². The van der Waals surface area contributed by atoms with Crippen LogP contribution < -0.4 is 4.72 Å². The van der Waals surface area contributed by atoms with Crippen LogP contribution in [0.5, 0.6) is 0 Å². The lowest BCUT2D eigenvalue weighted by Gasteiger charge is -2.23. The molecule has 2 N–H and O–H groups in total. The second kappa shape index (κ2) is 6.43. The van der Waals surface area contributed by atoms with E-state index >= 15 is 0 Å². The molecule has 0 radical (unpaired) electrons. The number of aliphatic hydroxyl groups excluding tert-OH is 1. The first-order chi connectivity index (χ1) is 10.6. The highest BCUT2D eigenvalue weighted by molar-refractivity contribution is 7.89. The Hall–Kier alpha value is -1.69. The van der Waals surface area contributed by atoms with Gasteiger partial charge in [0.25, 0.3) is 0 Å². The third-order valence-electron chi connectivity index (χ3n) is 3.34. The maximum Gasteiger partial charge on any atom is 0.241 e. The number of aryl methyl sites for hydroxylation is 1. The molecule has 0 saturated heterocycles. The first kappa shape index (κ1) is 17.7. The number of nitrogens with one attached hydrogen (secondary N) is 1. The Morgan fingerprint density at radius 1 is 1.00 bits per heavy atom. The Kier molecular flexibility index (Phi) is 4.94. The smallest absolute Gasteiger partial charge is 0.241 e. The summed E-state index contributed by atoms with van der Waals surface area (Å²) in [7, 11) is -3.72. The highest BCUT2D eigenvalue weighted by Gasteiger charge is 2.26. The number of hydrogen-bond acceptors (Lipinski definition) is 3. The summed E-state index contributed by atoms with van der Waals surface area (Å²) in [6.45, 7) is 7.30. The normalized spacial score (nSPS) is 13.8. The largest absolute Gasteiger partial charge is 0.384 e. The van der Waals surface area contributed by atoms with Gasteiger partial charge in [-0.05, 0) is 39.3 Å². The van der Waals surface area contributed by atoms with Crippen molar-refractivity contribution < 1.29 is 13.5 Å². The molecule has 0 aliphatic heterocycles. The predicted molar refractivity (Wildman–Crippen MR) is 91.8 cm³/mol. The minimum atomic E-state index is -3.72. The molecule has 0 aliphatic rings. The summed E-state index contributed by atoms with van der Waals surface area (Å²) in [6, 6.07) is 13.9. The Morgan fingerprint density at radius 3 is 2.13 bits per heavy atom. The van der Waals surface area contributed by atoms with E-state index in [1.807, 2.05) is 19.1 Å². The SMILES string of the molecule is Cc1ccc(C(O)c2ccccc2S(=O)(=O)NC(C)(C)C)cc1. The fourth-order valence-electron chi connectivity index (χ4n) is 2.34. The molecule has 2 aromatic carbocycles. The predicted octanol–water partition coefficient (Wildman–Crippen LogP) is 3.15. The minimum absolute atomic E-state index is 0.1000. The third kappa shape index (κ3) is 4.41. The molecule has 5 heteroatoms. The summed E-state index contributed by atoms with van der Waals surface area (Å²) in [4.78, 5) is 0.1000. The quantitative estimate of drug-likeness (QED) is 0.903. The number of sulfonamides is 1. The maximum absolute atomic E-state index is 12.6. The summed E-state index contributed by atoms with van der Waals surface area (Å²) in [5, 5.41) is 10.6. The highest BCUT2D eigenvalue weighted by atomic mass is 32.2. The summed E-state index contributed by atoms with van der Waals surface area (Å²) >= 11 is 0. The van der Waals surface area contributed by atoms with E-state index in [4.69, 9.17) is 0 Å². The van der Waals surface area contributed by atoms with Gasteiger partial charge in [0.1, 0.15) is 6.10 Å². The van der Waals surface area contributed by atoms with Crippen molar-refractivity contribution in [3.05, 3.63) is 65.2 Å². The van der Waals surface area contributed by atoms with E-state index in [2.05, 4.69) is 4.72 Å². The van der Waals surface area contributed by atoms with Gasteiger partial charge in [-0.1, -0.05) is 48.0 Å². The standard InChI is InChI=1S/C18H23NO3S/c1-13-9-11-14(12-10-13)17(20)15-7-5-6-8-16(15)23(21,22)19-18(2,3)4/h5-12,17,19-20H,1-4H3. The van der Waals surface area contributed by atoms with Crippen molar-refractivity contribution in [1.82, 2.24) is 4.72 Å². The molecule has 4 nitrogen and oxygen atoms in total. The van der Waals surface area contributed by atoms with Gasteiger partial charge < -0.3 is 5.11 Å². The molecule has 2 aromatic rings. The van der Waals surface area contributed by atoms with Crippen LogP contribution in [0, 0.1) is 6.92 Å². The van der Waals surface area contributed by atoms with Crippen LogP contribution >= 0.6 is 0 Å². The number of aliphatic hydroxyl groups is 1. The van der Waals surface area contributed by atoms with Gasteiger partial charge in [0.05, 0.1) is 4.90 Å². The molecular formula is C18H23NO3S. The Labute approximate surface area is 138 Å². The van der Waals surface area contributed by atoms with Crippen LogP contribution in [-0.2, 0) is 10.0 Å². The van der Waals surface area contributed by atoms with E-state index in [0.717, 1.165) is 5.56 Å². The zero-order chi connectivity index (χ0) is 17.3. The van der Waals surface area contributed by atoms with Gasteiger partial charge in [0, 0.05) is 11.1 Å². The van der Waals surface area contributed by atoms with Gasteiger partial charge in [0.15, 0.2) is 0 Å². The Bertz CT molecular complexity index is 775. The molecule has 0 amide bonds. The summed E-state index contributed by atoms with van der Waals surface area (Å²) < 4.78 is 27.9. The first-order valence-corrected chi connectivity index (χ1v) is 8.96. The zero-order valence-corrected chi connectivity index (χ0v) is 14.7. The van der Waals surface area contributed by atoms with Crippen molar-refractivity contribution in [3.63, 3.8) is 0 Å². The van der Waals surface area contributed by atoms with Gasteiger partial charge in [0.2, 0.25) is 10.0 Å². The fourth-order valence-corrected chi connectivity index (χ4v) is 4.00. The lowest BCUT2D eigenvalue weighted by molar-refractivity contribution is 0.217. The molecule has 124 valence electrons. The molecule has 0 bridgehead atoms. The molecule has 23 heavy (non-hydrogen) atoms. The van der Waals surface area contributed by atoms with Gasteiger partial charge in [-0.25, -0.2) is 13.1 Å². The minimum Gasteiger partial charge on any atom is -0.384 e. The number of benzene rings is 2. The van der Waals surface area contributed by atoms with Crippen molar-refractivity contribution in [1.29, 1.82) is 0 Å². The summed E-state index contributed by atoms with van der Waals surface area (Å²) in [6.07, 6.45) is -0.997. The molecule has 0 aromatic heterocycles. The number of hydrogen-bond donors (Lipinski definition) is 2. The van der Waals surface area contributed by atoms with Crippen molar-refractivity contribution in [3.8, 4) is 0 Å². The van der Waals surface area contributed by atoms with Crippen LogP contribution in [-0.4, -0.2) is 19.1 Å². The van der Waals surface area contributed by atoms with E-state index in [9.17, 15) is 13.5 Å². The Balaban J connectivity index is 2.47. The van der Waals surface area contributed by atoms with Gasteiger partial charge >= 0.3 is 0 Å². The second-order valence-corrected chi connectivity index (χ2v) is 8.36. The van der Waals surface area contributed by atoms with Crippen molar-refractivity contribution in [2.45, 2.75) is 44.2 Å². The number of rotatable bonds is 4. The summed E-state index contributed by atoms with van der Waals surface area (Å²) in [5.74, 6) is 0. The highest BCUT2D eigenvalue weighted by Crippen LogP contribution is 2.28. The van der Waals surface area contributed by atoms with E-state index in [-0.39, 0.29) is 4.90 Å². The van der Waals surface area contributed by atoms with Crippen LogP contribution in [0.4, 0.5) is 0 Å². The molecule has 0 aliphatic carbocycles. The van der Waals surface area contributed by atoms with Crippen molar-refractivity contribution >= 4 is 10.0 Å². The lowest BCUT2D eigenvalue weighted by Crippen LogP contribution is -2.40. The molecule has 1 unspecified atom stereocenters. The van der Waals surface area contributed by atoms with E-state index < -0.39 is 21.7 Å². The monoisotopic (exact) mass is 333 g/mol. The molecule has 0 heterocycles. The summed E-state index contributed by atoms with van der Waals surface area (Å²) in [5.41, 5.74) is 1.51. The molecule has 1 atom stereocenters. The van der Waals surface area contributed by atoms with Gasteiger partial charge in [-0.3, -0.25) is 0 Å². The van der Waals surface area contributed by atoms with E-state index in [0.29, 0.717) is 11.1 Å². The van der Waals surface area contributed by atoms with Crippen molar-refractivity contribution in [2.24, 2.45) is 0 Å². The molecule has 0 saturated carbocycles. The lowest BCUT2D eigenvalue weighted by atomic mass is 10.0. The van der Waals surface area contributed by atoms with E-state index in [1.54, 1.807) is 51.1 Å². The second-order valence-electron chi connectivity index (χ2n) is 6.71. The van der Waals surface area contributed by atoms with E-state index in [1.165, 1.54) is 6.07 Å².